The Morgan fingerprint density at radius 2 is 1.30 bits per heavy atom. The van der Waals surface area contributed by atoms with Crippen molar-refractivity contribution in [1.29, 1.82) is 0 Å². The first-order valence-electron chi connectivity index (χ1n) is 22.1. The normalized spacial score (nSPS) is 11.6. The predicted molar refractivity (Wildman–Crippen MR) is 264 cm³/mol. The van der Waals surface area contributed by atoms with E-state index in [1.54, 1.807) is 0 Å². The summed E-state index contributed by atoms with van der Waals surface area (Å²) in [7, 11) is -1.34. The van der Waals surface area contributed by atoms with Crippen molar-refractivity contribution in [3.63, 3.8) is 0 Å². The standard InChI is InChI=1S/C39H33N2O.C18H24NSi.Ir/c1-25(2)32-22-29(27-14-7-5-8-15-27)23-33(26(3)4)37(32)41-36-21-12-11-20-35(36)40-39(41)34-24-42-38-30(18-13-19-31(34)38)28-16-9-6-10-17-28;1-14(2)11-16-12-17(15-9-7-6-8-10-15)19-13-18(16)20(3,4)5;/h5-23,25-26H,1-4H3;6-9,12-14H,11H2,1-5H3;/q2*-1;. The maximum absolute atomic E-state index is 6.23. The molecule has 0 aliphatic heterocycles. The van der Waals surface area contributed by atoms with E-state index in [4.69, 9.17) is 9.40 Å². The van der Waals surface area contributed by atoms with E-state index in [2.05, 4.69) is 211 Å². The number of hydrogen-bond donors (Lipinski definition) is 0. The summed E-state index contributed by atoms with van der Waals surface area (Å²) >= 11 is 0. The van der Waals surface area contributed by atoms with Gasteiger partial charge in [0.2, 0.25) is 0 Å². The summed E-state index contributed by atoms with van der Waals surface area (Å²) < 4.78 is 8.58. The number of imidazole rings is 1. The van der Waals surface area contributed by atoms with Crippen molar-refractivity contribution >= 4 is 35.3 Å². The molecule has 6 heteroatoms. The molecule has 3 heterocycles. The third-order valence-electron chi connectivity index (χ3n) is 11.6. The van der Waals surface area contributed by atoms with Crippen LogP contribution in [0.25, 0.3) is 72.6 Å². The van der Waals surface area contributed by atoms with Crippen molar-refractivity contribution in [1.82, 2.24) is 14.5 Å². The first-order valence-corrected chi connectivity index (χ1v) is 25.6. The molecule has 0 amide bonds. The minimum atomic E-state index is -1.34. The van der Waals surface area contributed by atoms with Crippen molar-refractivity contribution in [2.75, 3.05) is 0 Å². The predicted octanol–water partition coefficient (Wildman–Crippen LogP) is 15.1. The second-order valence-corrected chi connectivity index (χ2v) is 23.5. The number of nitrogens with zero attached hydrogens (tertiary/aromatic N) is 3. The molecule has 0 bridgehead atoms. The van der Waals surface area contributed by atoms with Crippen LogP contribution in [0.4, 0.5) is 0 Å². The number of benzene rings is 6. The Labute approximate surface area is 388 Å². The maximum Gasteiger partial charge on any atom is 0.0798 e. The Kier molecular flexibility index (Phi) is 14.0. The van der Waals surface area contributed by atoms with Crippen LogP contribution in [0.3, 0.4) is 0 Å². The van der Waals surface area contributed by atoms with Gasteiger partial charge in [-0.15, -0.1) is 42.0 Å². The first kappa shape index (κ1) is 45.4. The molecule has 6 aromatic carbocycles. The van der Waals surface area contributed by atoms with Gasteiger partial charge in [0, 0.05) is 43.8 Å². The molecule has 0 N–H and O–H groups in total. The Morgan fingerprint density at radius 3 is 1.92 bits per heavy atom. The minimum Gasteiger partial charge on any atom is -0.557 e. The average molecular weight is 1020 g/mol. The molecule has 0 atom stereocenters. The van der Waals surface area contributed by atoms with Crippen LogP contribution < -0.4 is 5.19 Å². The van der Waals surface area contributed by atoms with Crippen molar-refractivity contribution in [3.8, 4) is 50.6 Å². The molecule has 321 valence electrons. The van der Waals surface area contributed by atoms with E-state index in [1.165, 1.54) is 38.7 Å². The molecule has 63 heavy (non-hydrogen) atoms. The van der Waals surface area contributed by atoms with Gasteiger partial charge >= 0.3 is 0 Å². The molecular formula is C57H57IrN3OSi-2. The molecular weight excluding hydrogens is 963 g/mol. The van der Waals surface area contributed by atoms with Gasteiger partial charge in [-0.25, -0.2) is 0 Å². The van der Waals surface area contributed by atoms with Crippen LogP contribution in [0.5, 0.6) is 0 Å². The minimum absolute atomic E-state index is 0. The molecule has 0 spiro atoms. The van der Waals surface area contributed by atoms with E-state index in [-0.39, 0.29) is 20.1 Å². The summed E-state index contributed by atoms with van der Waals surface area (Å²) in [4.78, 5) is 9.92. The smallest absolute Gasteiger partial charge is 0.0798 e. The summed E-state index contributed by atoms with van der Waals surface area (Å²) in [5.41, 5.74) is 15.7. The van der Waals surface area contributed by atoms with Crippen LogP contribution in [0.2, 0.25) is 19.6 Å². The zero-order valence-electron chi connectivity index (χ0n) is 38.0. The van der Waals surface area contributed by atoms with Crippen LogP contribution in [0, 0.1) is 18.2 Å². The van der Waals surface area contributed by atoms with E-state index in [9.17, 15) is 0 Å². The van der Waals surface area contributed by atoms with Gasteiger partial charge in [0.25, 0.3) is 0 Å². The van der Waals surface area contributed by atoms with Crippen LogP contribution >= 0.6 is 0 Å². The summed E-state index contributed by atoms with van der Waals surface area (Å²) in [6.45, 7) is 20.9. The van der Waals surface area contributed by atoms with Gasteiger partial charge in [0.1, 0.15) is 0 Å². The number of para-hydroxylation sites is 3. The topological polar surface area (TPSA) is 43.9 Å². The third kappa shape index (κ3) is 9.65. The van der Waals surface area contributed by atoms with Crippen LogP contribution in [-0.4, -0.2) is 22.6 Å². The van der Waals surface area contributed by atoms with Crippen LogP contribution in [-0.2, 0) is 26.5 Å². The summed E-state index contributed by atoms with van der Waals surface area (Å²) in [5.74, 6) is 2.10. The van der Waals surface area contributed by atoms with Crippen molar-refractivity contribution < 1.29 is 24.5 Å². The largest absolute Gasteiger partial charge is 0.557 e. The zero-order valence-corrected chi connectivity index (χ0v) is 41.4. The molecule has 0 aliphatic carbocycles. The molecule has 0 aliphatic rings. The molecule has 9 aromatic rings. The Balaban J connectivity index is 0.000000239. The third-order valence-corrected chi connectivity index (χ3v) is 13.6. The van der Waals surface area contributed by atoms with Gasteiger partial charge in [-0.05, 0) is 92.7 Å². The van der Waals surface area contributed by atoms with Crippen molar-refractivity contribution in [2.45, 2.75) is 79.4 Å². The molecule has 4 nitrogen and oxygen atoms in total. The van der Waals surface area contributed by atoms with Crippen LogP contribution in [0.1, 0.15) is 70.1 Å². The molecule has 1 radical (unpaired) electrons. The molecule has 9 rings (SSSR count). The first-order chi connectivity index (χ1) is 29.9. The quantitative estimate of drug-likeness (QED) is 0.101. The van der Waals surface area contributed by atoms with Gasteiger partial charge in [0.05, 0.1) is 24.9 Å². The van der Waals surface area contributed by atoms with Gasteiger partial charge in [-0.3, -0.25) is 4.98 Å². The fourth-order valence-corrected chi connectivity index (χ4v) is 10.1. The van der Waals surface area contributed by atoms with Gasteiger partial charge in [-0.1, -0.05) is 169 Å². The Hall–Kier alpha value is -5.65. The van der Waals surface area contributed by atoms with Crippen LogP contribution in [0.15, 0.2) is 156 Å². The van der Waals surface area contributed by atoms with Gasteiger partial charge in [-0.2, -0.15) is 0 Å². The maximum atomic E-state index is 6.23. The van der Waals surface area contributed by atoms with E-state index in [1.807, 2.05) is 24.3 Å². The molecule has 0 saturated heterocycles. The summed E-state index contributed by atoms with van der Waals surface area (Å²) in [6.07, 6.45) is 6.53. The fraction of sp³-hybridized carbons (Fsp3) is 0.228. The SMILES string of the molecule is CC(C)Cc1cc(-c2[c-]cccc2)ncc1[Si](C)(C)C.CC(C)c1cc(-c2ccccc2)cc(C(C)C)c1-n1c(-c2[c-]oc3c(-c4ccccc4)cccc23)nc2ccccc21.[Ir]. The van der Waals surface area contributed by atoms with Crippen molar-refractivity contribution in [2.24, 2.45) is 5.92 Å². The number of fused-ring (bicyclic) bond motifs is 2. The summed E-state index contributed by atoms with van der Waals surface area (Å²) in [5, 5.41) is 2.50. The van der Waals surface area contributed by atoms with E-state index >= 15 is 0 Å². The zero-order chi connectivity index (χ0) is 43.5. The molecule has 3 aromatic heterocycles. The molecule has 0 saturated carbocycles. The second kappa shape index (κ2) is 19.4. The van der Waals surface area contributed by atoms with E-state index < -0.39 is 8.07 Å². The number of rotatable bonds is 10. The number of hydrogen-bond acceptors (Lipinski definition) is 3. The molecule has 0 unspecified atom stereocenters. The fourth-order valence-electron chi connectivity index (χ4n) is 8.53. The van der Waals surface area contributed by atoms with Gasteiger partial charge in [0.15, 0.2) is 0 Å². The molecule has 0 fully saturated rings. The monoisotopic (exact) mass is 1020 g/mol. The van der Waals surface area contributed by atoms with E-state index in [0.29, 0.717) is 17.8 Å². The van der Waals surface area contributed by atoms with Crippen molar-refractivity contribution in [3.05, 3.63) is 181 Å². The Morgan fingerprint density at radius 1 is 0.667 bits per heavy atom. The number of furan rings is 1. The second-order valence-electron chi connectivity index (χ2n) is 18.4. The number of aromatic nitrogens is 3. The Bertz CT molecular complexity index is 2910. The number of pyridine rings is 1. The van der Waals surface area contributed by atoms with Gasteiger partial charge < -0.3 is 14.0 Å². The van der Waals surface area contributed by atoms with E-state index in [0.717, 1.165) is 62.2 Å². The average Bonchev–Trinajstić information content (AvgIpc) is 3.88. The summed E-state index contributed by atoms with van der Waals surface area (Å²) in [6, 6.07) is 54.1.